The van der Waals surface area contributed by atoms with Crippen LogP contribution >= 0.6 is 0 Å². The van der Waals surface area contributed by atoms with Gasteiger partial charge in [0.2, 0.25) is 0 Å². The molecule has 0 N–H and O–H groups in total. The van der Waals surface area contributed by atoms with Gasteiger partial charge < -0.3 is 9.47 Å². The average molecular weight is 352 g/mol. The van der Waals surface area contributed by atoms with Crippen LogP contribution in [0.2, 0.25) is 0 Å². The quantitative estimate of drug-likeness (QED) is 0.528. The molecule has 4 heteroatoms. The van der Waals surface area contributed by atoms with Crippen LogP contribution in [0.15, 0.2) is 66.2 Å². The van der Waals surface area contributed by atoms with Gasteiger partial charge in [0.25, 0.3) is 0 Å². The third-order valence-electron chi connectivity index (χ3n) is 3.87. The van der Waals surface area contributed by atoms with Crippen molar-refractivity contribution in [2.45, 2.75) is 26.7 Å². The van der Waals surface area contributed by atoms with Crippen LogP contribution in [-0.2, 0) is 25.5 Å². The van der Waals surface area contributed by atoms with Gasteiger partial charge in [-0.15, -0.1) is 0 Å². The average Bonchev–Trinajstić information content (AvgIpc) is 2.67. The Morgan fingerprint density at radius 3 is 1.88 bits per heavy atom. The van der Waals surface area contributed by atoms with Crippen molar-refractivity contribution >= 4 is 17.5 Å². The fraction of sp³-hybridized carbons (Fsp3) is 0.273. The molecule has 0 aromatic heterocycles. The summed E-state index contributed by atoms with van der Waals surface area (Å²) in [4.78, 5) is 25.2. The molecule has 0 saturated carbocycles. The summed E-state index contributed by atoms with van der Waals surface area (Å²) in [5.74, 6) is -0.981. The van der Waals surface area contributed by atoms with Crippen LogP contribution in [0, 0.1) is 0 Å². The molecule has 0 amide bonds. The normalized spacial score (nSPS) is 11.5. The molecule has 0 aliphatic rings. The molecule has 0 saturated heterocycles. The molecule has 0 spiro atoms. The first-order chi connectivity index (χ1) is 12.7. The van der Waals surface area contributed by atoms with E-state index in [2.05, 4.69) is 0 Å². The largest absolute Gasteiger partial charge is 0.463 e. The summed E-state index contributed by atoms with van der Waals surface area (Å²) in [7, 11) is 0. The number of hydrogen-bond donors (Lipinski definition) is 0. The molecular formula is C22H24O4. The van der Waals surface area contributed by atoms with Crippen LogP contribution in [0.1, 0.15) is 31.4 Å². The van der Waals surface area contributed by atoms with Crippen molar-refractivity contribution in [1.82, 2.24) is 0 Å². The van der Waals surface area contributed by atoms with Crippen LogP contribution in [-0.4, -0.2) is 25.2 Å². The van der Waals surface area contributed by atoms with E-state index in [1.165, 1.54) is 0 Å². The molecule has 0 aliphatic carbocycles. The SMILES string of the molecule is CCOC(=O)/C(CCc1ccccc1)=C(\C(=O)OCC)c1ccccc1. The standard InChI is InChI=1S/C22H24O4/c1-3-25-21(23)19(16-15-17-11-7-5-8-12-17)20(22(24)26-4-2)18-13-9-6-10-14-18/h5-14H,3-4,15-16H2,1-2H3/b20-19-. The molecule has 0 unspecified atom stereocenters. The summed E-state index contributed by atoms with van der Waals surface area (Å²) in [6.07, 6.45) is 1.02. The topological polar surface area (TPSA) is 52.6 Å². The van der Waals surface area contributed by atoms with Gasteiger partial charge in [-0.3, -0.25) is 0 Å². The minimum Gasteiger partial charge on any atom is -0.463 e. The first-order valence-electron chi connectivity index (χ1n) is 8.84. The van der Waals surface area contributed by atoms with E-state index in [0.29, 0.717) is 24.0 Å². The molecule has 4 nitrogen and oxygen atoms in total. The molecule has 2 aromatic carbocycles. The lowest BCUT2D eigenvalue weighted by Gasteiger charge is -2.14. The van der Waals surface area contributed by atoms with Crippen molar-refractivity contribution in [3.8, 4) is 0 Å². The number of esters is 2. The molecule has 0 aliphatic heterocycles. The minimum atomic E-state index is -0.505. The lowest BCUT2D eigenvalue weighted by atomic mass is 9.95. The molecule has 0 fully saturated rings. The van der Waals surface area contributed by atoms with Crippen LogP contribution in [0.4, 0.5) is 0 Å². The van der Waals surface area contributed by atoms with Crippen molar-refractivity contribution in [2.75, 3.05) is 13.2 Å². The molecule has 2 aromatic rings. The summed E-state index contributed by atoms with van der Waals surface area (Å²) in [6, 6.07) is 19.0. The fourth-order valence-corrected chi connectivity index (χ4v) is 2.68. The smallest absolute Gasteiger partial charge is 0.339 e. The van der Waals surface area contributed by atoms with E-state index in [-0.39, 0.29) is 18.8 Å². The van der Waals surface area contributed by atoms with E-state index in [1.54, 1.807) is 26.0 Å². The maximum atomic E-state index is 12.6. The highest BCUT2D eigenvalue weighted by Crippen LogP contribution is 2.25. The Labute approximate surface area is 154 Å². The Hall–Kier alpha value is -2.88. The molecule has 0 bridgehead atoms. The zero-order valence-corrected chi connectivity index (χ0v) is 15.2. The number of hydrogen-bond acceptors (Lipinski definition) is 4. The Morgan fingerprint density at radius 2 is 1.31 bits per heavy atom. The van der Waals surface area contributed by atoms with E-state index >= 15 is 0 Å². The number of aryl methyl sites for hydroxylation is 1. The first-order valence-corrected chi connectivity index (χ1v) is 8.84. The van der Waals surface area contributed by atoms with Crippen molar-refractivity contribution in [3.05, 3.63) is 77.4 Å². The summed E-state index contributed by atoms with van der Waals surface area (Å²) in [5.41, 5.74) is 2.37. The van der Waals surface area contributed by atoms with Gasteiger partial charge in [-0.1, -0.05) is 60.7 Å². The van der Waals surface area contributed by atoms with Gasteiger partial charge in [-0.05, 0) is 37.8 Å². The third-order valence-corrected chi connectivity index (χ3v) is 3.87. The van der Waals surface area contributed by atoms with Crippen molar-refractivity contribution < 1.29 is 19.1 Å². The van der Waals surface area contributed by atoms with E-state index in [9.17, 15) is 9.59 Å². The minimum absolute atomic E-state index is 0.240. The van der Waals surface area contributed by atoms with Crippen molar-refractivity contribution in [3.63, 3.8) is 0 Å². The summed E-state index contributed by atoms with van der Waals surface area (Å²) >= 11 is 0. The number of carbonyl (C=O) groups is 2. The maximum Gasteiger partial charge on any atom is 0.339 e. The van der Waals surface area contributed by atoms with E-state index < -0.39 is 11.9 Å². The second kappa shape index (κ2) is 10.2. The van der Waals surface area contributed by atoms with Gasteiger partial charge in [-0.25, -0.2) is 9.59 Å². The number of benzene rings is 2. The van der Waals surface area contributed by atoms with Crippen molar-refractivity contribution in [2.24, 2.45) is 0 Å². The van der Waals surface area contributed by atoms with E-state index in [4.69, 9.17) is 9.47 Å². The maximum absolute atomic E-state index is 12.6. The Kier molecular flexibility index (Phi) is 7.62. The zero-order chi connectivity index (χ0) is 18.8. The molecular weight excluding hydrogens is 328 g/mol. The van der Waals surface area contributed by atoms with E-state index in [1.807, 2.05) is 48.5 Å². The van der Waals surface area contributed by atoms with Crippen LogP contribution < -0.4 is 0 Å². The lowest BCUT2D eigenvalue weighted by Crippen LogP contribution is -2.17. The number of ether oxygens (including phenoxy) is 2. The van der Waals surface area contributed by atoms with Gasteiger partial charge in [0.1, 0.15) is 0 Å². The predicted molar refractivity (Wildman–Crippen MR) is 101 cm³/mol. The third kappa shape index (κ3) is 5.31. The Balaban J connectivity index is 2.46. The molecule has 2 rings (SSSR count). The summed E-state index contributed by atoms with van der Waals surface area (Å²) in [6.45, 7) is 3.98. The highest BCUT2D eigenvalue weighted by Gasteiger charge is 2.24. The van der Waals surface area contributed by atoms with Crippen LogP contribution in [0.5, 0.6) is 0 Å². The molecule has 0 radical (unpaired) electrons. The molecule has 136 valence electrons. The van der Waals surface area contributed by atoms with Crippen molar-refractivity contribution in [1.29, 1.82) is 0 Å². The molecule has 26 heavy (non-hydrogen) atoms. The molecule has 0 atom stereocenters. The summed E-state index contributed by atoms with van der Waals surface area (Å²) < 4.78 is 10.4. The van der Waals surface area contributed by atoms with Gasteiger partial charge in [0.05, 0.1) is 24.4 Å². The van der Waals surface area contributed by atoms with Gasteiger partial charge >= 0.3 is 11.9 Å². The van der Waals surface area contributed by atoms with Gasteiger partial charge in [-0.2, -0.15) is 0 Å². The Morgan fingerprint density at radius 1 is 0.769 bits per heavy atom. The zero-order valence-electron chi connectivity index (χ0n) is 15.2. The van der Waals surface area contributed by atoms with E-state index in [0.717, 1.165) is 5.56 Å². The molecule has 0 heterocycles. The van der Waals surface area contributed by atoms with Gasteiger partial charge in [0.15, 0.2) is 0 Å². The highest BCUT2D eigenvalue weighted by atomic mass is 16.5. The number of rotatable bonds is 8. The Bertz CT molecular complexity index is 748. The fourth-order valence-electron chi connectivity index (χ4n) is 2.68. The highest BCUT2D eigenvalue weighted by molar-refractivity contribution is 6.22. The van der Waals surface area contributed by atoms with Crippen LogP contribution in [0.3, 0.4) is 0 Å². The first kappa shape index (κ1) is 19.4. The predicted octanol–water partition coefficient (Wildman–Crippen LogP) is 4.20. The van der Waals surface area contributed by atoms with Gasteiger partial charge in [0, 0.05) is 0 Å². The summed E-state index contributed by atoms with van der Waals surface area (Å²) in [5, 5.41) is 0. The number of carbonyl (C=O) groups excluding carboxylic acids is 2. The monoisotopic (exact) mass is 352 g/mol. The van der Waals surface area contributed by atoms with Crippen LogP contribution in [0.25, 0.3) is 5.57 Å². The lowest BCUT2D eigenvalue weighted by molar-refractivity contribution is -0.140. The second-order valence-corrected chi connectivity index (χ2v) is 5.65. The second-order valence-electron chi connectivity index (χ2n) is 5.65.